The van der Waals surface area contributed by atoms with Crippen molar-refractivity contribution in [3.05, 3.63) is 108 Å². The van der Waals surface area contributed by atoms with Crippen LogP contribution >= 0.6 is 0 Å². The SMILES string of the molecule is CCCC1OC1C(=O)N[C@@H](CO)C(=O)N[C@@H]1C(=O)N[C@H](Cc2c[nH]c3ccccc23)C(=O)N[C@@H](CC(=O)O)C(=O)N[C@@H](CC(=O)O)C(=O)N[C@H](c2ccc(O)cc2)C(=O)N[C@@H](CC(=O)O)C(=O)NCC(=O)N[C@H]([C@H](O)C(N)=O)C(=O)N[C@@H](CCC(=O)O)C(=O)N/C(=C\c2c[nH]c3ccccc23)C(=O)O[C@@H]1C. The van der Waals surface area contributed by atoms with Crippen LogP contribution in [0.15, 0.2) is 90.9 Å². The van der Waals surface area contributed by atoms with Crippen LogP contribution in [0.1, 0.15) is 81.5 Å². The number of phenolic OH excluding ortho intramolecular Hbond substituents is 1. The third-order valence-corrected chi connectivity index (χ3v) is 16.4. The number of aliphatic hydroxyl groups excluding tert-OH is 2. The van der Waals surface area contributed by atoms with Crippen LogP contribution in [0.3, 0.4) is 0 Å². The van der Waals surface area contributed by atoms with Gasteiger partial charge in [-0.05, 0) is 61.2 Å². The first-order chi connectivity index (χ1) is 50.2. The number of carbonyl (C=O) groups excluding carboxylic acids is 13. The summed E-state index contributed by atoms with van der Waals surface area (Å²) in [5, 5.41) is 95.7. The molecule has 2 unspecified atom stereocenters. The van der Waals surface area contributed by atoms with E-state index in [9.17, 15) is 108 Å². The van der Waals surface area contributed by atoms with Gasteiger partial charge >= 0.3 is 29.8 Å². The van der Waals surface area contributed by atoms with Crippen LogP contribution in [0.2, 0.25) is 0 Å². The Morgan fingerprint density at radius 3 is 1.76 bits per heavy atom. The first-order valence-electron chi connectivity index (χ1n) is 32.5. The third kappa shape index (κ3) is 22.3. The van der Waals surface area contributed by atoms with E-state index < -0.39 is 243 Å². The van der Waals surface area contributed by atoms with Gasteiger partial charge in [0.05, 0.1) is 38.5 Å². The molecule has 2 fully saturated rings. The number of aromatic nitrogens is 2. The zero-order valence-corrected chi connectivity index (χ0v) is 56.2. The van der Waals surface area contributed by atoms with E-state index in [2.05, 4.69) is 47.2 Å². The molecule has 40 nitrogen and oxygen atoms in total. The molecule has 5 aromatic rings. The molecule has 0 bridgehead atoms. The van der Waals surface area contributed by atoms with Gasteiger partial charge in [0, 0.05) is 52.6 Å². The number of aromatic hydroxyl groups is 1. The smallest absolute Gasteiger partial charge is 0.355 e. The number of fused-ring (bicyclic) bond motifs is 2. The fourth-order valence-corrected chi connectivity index (χ4v) is 10.9. The minimum atomic E-state index is -2.73. The van der Waals surface area contributed by atoms with Crippen LogP contribution in [0, 0.1) is 0 Å². The zero-order chi connectivity index (χ0) is 77.8. The van der Waals surface area contributed by atoms with Gasteiger partial charge in [-0.25, -0.2) is 4.79 Å². The number of carboxylic acid groups (broad SMARTS) is 4. The molecule has 40 heteroatoms. The monoisotopic (exact) mass is 1480 g/mol. The molecule has 2 aromatic heterocycles. The lowest BCUT2D eigenvalue weighted by atomic mass is 10.0. The molecule has 2 aliphatic rings. The number of primary amides is 1. The molecule has 0 saturated carbocycles. The lowest BCUT2D eigenvalue weighted by Crippen LogP contribution is -2.62. The number of aliphatic hydroxyl groups is 2. The number of esters is 1. The molecule has 0 aliphatic carbocycles. The predicted octanol–water partition coefficient (Wildman–Crippen LogP) is -5.45. The van der Waals surface area contributed by atoms with E-state index >= 15 is 9.59 Å². The molecule has 7 rings (SSSR count). The highest BCUT2D eigenvalue weighted by molar-refractivity contribution is 6.05. The molecule has 4 heterocycles. The van der Waals surface area contributed by atoms with Crippen LogP contribution in [0.5, 0.6) is 5.75 Å². The Morgan fingerprint density at radius 1 is 0.623 bits per heavy atom. The molecule has 2 aliphatic heterocycles. The fourth-order valence-electron chi connectivity index (χ4n) is 10.9. The number of benzene rings is 3. The van der Waals surface area contributed by atoms with Gasteiger partial charge in [-0.1, -0.05) is 61.9 Å². The number of phenols is 1. The fraction of sp³-hybridized carbons (Fsp3) is 0.379. The number of rotatable bonds is 22. The Balaban J connectivity index is 1.38. The summed E-state index contributed by atoms with van der Waals surface area (Å²) in [6.07, 6.45) is -8.34. The number of aliphatic carboxylic acids is 4. The maximum atomic E-state index is 15.3. The van der Waals surface area contributed by atoms with Gasteiger partial charge in [0.1, 0.15) is 71.9 Å². The van der Waals surface area contributed by atoms with Crippen LogP contribution in [-0.4, -0.2) is 232 Å². The highest BCUT2D eigenvalue weighted by Crippen LogP contribution is 2.27. The molecule has 13 atom stereocenters. The summed E-state index contributed by atoms with van der Waals surface area (Å²) < 4.78 is 11.2. The van der Waals surface area contributed by atoms with Crippen molar-refractivity contribution in [3.63, 3.8) is 0 Å². The van der Waals surface area contributed by atoms with Gasteiger partial charge < -0.3 is 119 Å². The van der Waals surface area contributed by atoms with Crippen LogP contribution < -0.4 is 64.2 Å². The minimum absolute atomic E-state index is 0.0929. The number of carboxylic acids is 4. The normalized spacial score (nSPS) is 23.9. The van der Waals surface area contributed by atoms with E-state index in [1.165, 1.54) is 12.4 Å². The van der Waals surface area contributed by atoms with Gasteiger partial charge in [0.2, 0.25) is 65.0 Å². The summed E-state index contributed by atoms with van der Waals surface area (Å²) in [6.45, 7) is 0.294. The van der Waals surface area contributed by atoms with Crippen LogP contribution in [-0.2, 0) is 97.4 Å². The summed E-state index contributed by atoms with van der Waals surface area (Å²) in [4.78, 5) is 240. The number of para-hydroxylation sites is 2. The summed E-state index contributed by atoms with van der Waals surface area (Å²) in [5.41, 5.74) is 5.31. The van der Waals surface area contributed by atoms with E-state index in [-0.39, 0.29) is 16.7 Å². The molecule has 566 valence electrons. The van der Waals surface area contributed by atoms with E-state index in [0.29, 0.717) is 34.6 Å². The number of carbonyl (C=O) groups is 17. The molecular formula is C66H76N14O26. The number of epoxide rings is 1. The Labute approximate surface area is 598 Å². The molecule has 0 radical (unpaired) electrons. The first kappa shape index (κ1) is 80.5. The molecule has 106 heavy (non-hydrogen) atoms. The van der Waals surface area contributed by atoms with E-state index in [0.717, 1.165) is 37.3 Å². The summed E-state index contributed by atoms with van der Waals surface area (Å²) in [6, 6.07) is -3.45. The number of cyclic esters (lactones) is 1. The topological polar surface area (TPSA) is 643 Å². The zero-order valence-electron chi connectivity index (χ0n) is 56.2. The van der Waals surface area contributed by atoms with Crippen molar-refractivity contribution in [3.8, 4) is 5.75 Å². The lowest BCUT2D eigenvalue weighted by Gasteiger charge is -2.29. The number of nitrogens with one attached hydrogen (secondary N) is 13. The average Bonchev–Trinajstić information content (AvgIpc) is 1.67. The summed E-state index contributed by atoms with van der Waals surface area (Å²) >= 11 is 0. The second kappa shape index (κ2) is 36.8. The van der Waals surface area contributed by atoms with Crippen LogP contribution in [0.4, 0.5) is 0 Å². The van der Waals surface area contributed by atoms with Gasteiger partial charge in [-0.15, -0.1) is 0 Å². The van der Waals surface area contributed by atoms with Crippen molar-refractivity contribution >= 4 is 129 Å². The summed E-state index contributed by atoms with van der Waals surface area (Å²) in [7, 11) is 0. The Bertz CT molecular complexity index is 4250. The van der Waals surface area contributed by atoms with E-state index in [1.54, 1.807) is 55.5 Å². The third-order valence-electron chi connectivity index (χ3n) is 16.4. The highest BCUT2D eigenvalue weighted by Gasteiger charge is 2.46. The number of ether oxygens (including phenoxy) is 2. The molecule has 2 saturated heterocycles. The maximum Gasteiger partial charge on any atom is 0.355 e. The largest absolute Gasteiger partial charge is 0.508 e. The van der Waals surface area contributed by atoms with Crippen molar-refractivity contribution in [1.29, 1.82) is 0 Å². The second-order valence-electron chi connectivity index (χ2n) is 24.3. The maximum absolute atomic E-state index is 15.3. The molecule has 12 amide bonds. The number of amides is 12. The number of nitrogens with two attached hydrogens (primary N) is 1. The highest BCUT2D eigenvalue weighted by atomic mass is 16.6. The first-order valence-corrected chi connectivity index (χ1v) is 32.5. The lowest BCUT2D eigenvalue weighted by molar-refractivity contribution is -0.150. The number of aromatic amines is 2. The van der Waals surface area contributed by atoms with E-state index in [1.807, 2.05) is 21.3 Å². The van der Waals surface area contributed by atoms with Gasteiger partial charge in [0.15, 0.2) is 12.2 Å². The van der Waals surface area contributed by atoms with Gasteiger partial charge in [0.25, 0.3) is 5.91 Å². The molecule has 3 aromatic carbocycles. The summed E-state index contributed by atoms with van der Waals surface area (Å²) in [5.74, 6) is -26.9. The van der Waals surface area contributed by atoms with E-state index in [4.69, 9.17) is 15.2 Å². The van der Waals surface area contributed by atoms with Gasteiger partial charge in [-0.3, -0.25) is 76.7 Å². The van der Waals surface area contributed by atoms with Crippen molar-refractivity contribution < 1.29 is 127 Å². The number of hydrogen-bond donors (Lipinski definition) is 21. The van der Waals surface area contributed by atoms with Crippen molar-refractivity contribution in [1.82, 2.24) is 68.5 Å². The average molecular weight is 1480 g/mol. The Hall–Kier alpha value is -12.9. The Kier molecular flexibility index (Phi) is 28.0. The van der Waals surface area contributed by atoms with Crippen LogP contribution in [0.25, 0.3) is 27.9 Å². The minimum Gasteiger partial charge on any atom is -0.508 e. The quantitative estimate of drug-likeness (QED) is 0.0175. The molecule has 0 spiro atoms. The number of hydrogen-bond acceptors (Lipinski definition) is 22. The Morgan fingerprint density at radius 2 is 1.17 bits per heavy atom. The van der Waals surface area contributed by atoms with Crippen molar-refractivity contribution in [2.45, 2.75) is 144 Å². The standard InChI is InChI=1S/C66H76N14O26/c1-3-8-44-54(106-44)65(103)77-43(27-81)61(99)79-50-28(2)105-66(104)42(20-31-25-69-36-12-7-5-10-34(31)36)76-57(95)37(17-18-46(84)85)71-64(102)52(53(92)55(67)93)78-45(83)26-70-56(94)39(21-47(86)87)75-63(101)51(29-13-15-32(82)16-14-29)80-60(98)41(23-49(90)91)73-59(97)40(22-48(88)89)72-58(96)38(74-62(50)100)19-30-24-68-35-11-6-4-9-33(30)35/h4-7,9-16,20,24-25,28,37-41,43-44,50-54,68-69,81-82,92H,3,8,17-19,21-23,26-27H2,1-2H3,(H2,67,93)(H,70,94)(H,71,102)(H,72,96)(H,73,97)(H,74,100)(H,75,101)(H,76,95)(H,77,103)(H,78,83)(H,79,99)(H,80,98)(H,84,85)(H,86,87)(H,88,89)(H,90,91)/b42-20-/t28-,37+,38-,39+,40+,41+,43+,44?,50+,51-,52-,53+,54?/m1/s1. The second-order valence-corrected chi connectivity index (χ2v) is 24.3. The van der Waals surface area contributed by atoms with Crippen molar-refractivity contribution in [2.75, 3.05) is 13.2 Å². The predicted molar refractivity (Wildman–Crippen MR) is 359 cm³/mol. The van der Waals surface area contributed by atoms with Crippen molar-refractivity contribution in [2.24, 2.45) is 5.73 Å². The molecule has 22 N–H and O–H groups in total. The number of H-pyrrole nitrogens is 2. The molecular weight excluding hydrogens is 1400 g/mol. The van der Waals surface area contributed by atoms with Gasteiger partial charge in [-0.2, -0.15) is 0 Å².